The van der Waals surface area contributed by atoms with E-state index >= 15 is 0 Å². The lowest BCUT2D eigenvalue weighted by Crippen LogP contribution is -2.56. The third kappa shape index (κ3) is 3.10. The Morgan fingerprint density at radius 3 is 2.70 bits per heavy atom. The highest BCUT2D eigenvalue weighted by Gasteiger charge is 2.48. The van der Waals surface area contributed by atoms with Crippen molar-refractivity contribution < 1.29 is 14.6 Å². The minimum atomic E-state index is -0.633. The number of aliphatic hydroxyl groups is 1. The van der Waals surface area contributed by atoms with Gasteiger partial charge in [-0.05, 0) is 37.5 Å². The molecule has 1 aliphatic carbocycles. The molecule has 2 aromatic rings. The van der Waals surface area contributed by atoms with Crippen LogP contribution in [-0.2, 0) is 10.2 Å². The molecule has 7 nitrogen and oxygen atoms in total. The molecule has 0 bridgehead atoms. The lowest BCUT2D eigenvalue weighted by Gasteiger charge is -2.44. The molecule has 1 aromatic carbocycles. The second-order valence-corrected chi connectivity index (χ2v) is 7.68. The van der Waals surface area contributed by atoms with Gasteiger partial charge < -0.3 is 14.7 Å². The Balaban J connectivity index is 1.50. The third-order valence-electron chi connectivity index (χ3n) is 5.97. The Labute approximate surface area is 158 Å². The van der Waals surface area contributed by atoms with Gasteiger partial charge in [-0.25, -0.2) is 4.68 Å². The normalized spacial score (nSPS) is 20.3. The van der Waals surface area contributed by atoms with Crippen LogP contribution in [0.2, 0.25) is 0 Å². The van der Waals surface area contributed by atoms with Crippen LogP contribution in [0.5, 0.6) is 5.75 Å². The van der Waals surface area contributed by atoms with Gasteiger partial charge in [0.15, 0.2) is 0 Å². The van der Waals surface area contributed by atoms with E-state index in [1.807, 2.05) is 23.1 Å². The number of methoxy groups -OCH3 is 1. The van der Waals surface area contributed by atoms with Gasteiger partial charge in [0.25, 0.3) is 0 Å². The molecule has 1 amide bonds. The summed E-state index contributed by atoms with van der Waals surface area (Å²) in [6.07, 6.45) is 5.05. The predicted octanol–water partition coefficient (Wildman–Crippen LogP) is 2.24. The van der Waals surface area contributed by atoms with E-state index in [4.69, 9.17) is 4.74 Å². The van der Waals surface area contributed by atoms with E-state index < -0.39 is 11.5 Å². The van der Waals surface area contributed by atoms with Crippen LogP contribution in [-0.4, -0.2) is 51.1 Å². The van der Waals surface area contributed by atoms with Crippen LogP contribution in [0.25, 0.3) is 0 Å². The molecule has 2 fully saturated rings. The number of amides is 1. The molecule has 1 saturated carbocycles. The van der Waals surface area contributed by atoms with E-state index in [1.54, 1.807) is 24.9 Å². The summed E-state index contributed by atoms with van der Waals surface area (Å²) in [5, 5.41) is 17.7. The molecule has 1 saturated heterocycles. The van der Waals surface area contributed by atoms with Gasteiger partial charge >= 0.3 is 0 Å². The summed E-state index contributed by atoms with van der Waals surface area (Å²) in [6, 6.07) is 8.06. The van der Waals surface area contributed by atoms with E-state index in [0.29, 0.717) is 18.8 Å². The van der Waals surface area contributed by atoms with Gasteiger partial charge in [0, 0.05) is 13.1 Å². The maximum Gasteiger partial charge on any atom is 0.233 e. The van der Waals surface area contributed by atoms with Crippen LogP contribution in [0.3, 0.4) is 0 Å². The van der Waals surface area contributed by atoms with Gasteiger partial charge in [0.1, 0.15) is 11.4 Å². The largest absolute Gasteiger partial charge is 0.497 e. The highest BCUT2D eigenvalue weighted by Crippen LogP contribution is 2.44. The number of likely N-dealkylation sites (tertiary alicyclic amines) is 1. The summed E-state index contributed by atoms with van der Waals surface area (Å²) in [4.78, 5) is 15.4. The topological polar surface area (TPSA) is 80.5 Å². The Morgan fingerprint density at radius 1 is 1.33 bits per heavy atom. The number of carbonyl (C=O) groups is 1. The lowest BCUT2D eigenvalue weighted by atomic mass is 9.76. The molecule has 7 heteroatoms. The molecular formula is C20H26N4O3. The summed E-state index contributed by atoms with van der Waals surface area (Å²) in [5.41, 5.74) is 1.18. The first-order valence-electron chi connectivity index (χ1n) is 9.57. The van der Waals surface area contributed by atoms with Crippen LogP contribution in [0, 0.1) is 0 Å². The van der Waals surface area contributed by atoms with Crippen LogP contribution >= 0.6 is 0 Å². The van der Waals surface area contributed by atoms with Gasteiger partial charge in [0.05, 0.1) is 30.9 Å². The van der Waals surface area contributed by atoms with Gasteiger partial charge in [-0.2, -0.15) is 0 Å². The predicted molar refractivity (Wildman–Crippen MR) is 99.4 cm³/mol. The number of ether oxygens (including phenoxy) is 1. The highest BCUT2D eigenvalue weighted by atomic mass is 16.5. The average Bonchev–Trinajstić information content (AvgIpc) is 3.31. The third-order valence-corrected chi connectivity index (χ3v) is 5.97. The van der Waals surface area contributed by atoms with Crippen molar-refractivity contribution in [3.8, 4) is 5.75 Å². The number of rotatable bonds is 5. The summed E-state index contributed by atoms with van der Waals surface area (Å²) >= 11 is 0. The fourth-order valence-corrected chi connectivity index (χ4v) is 4.28. The van der Waals surface area contributed by atoms with E-state index in [9.17, 15) is 9.90 Å². The standard InChI is InChI=1S/C20H26N4O3/c1-14(25)18-13-24(22-21-18)16-11-23(12-16)19(26)20(8-3-4-9-20)15-6-5-7-17(10-15)27-2/h5-7,10,13-14,16,25H,3-4,8-9,11-12H2,1-2H3/t14-/m1/s1. The van der Waals surface area contributed by atoms with Crippen molar-refractivity contribution in [3.63, 3.8) is 0 Å². The second-order valence-electron chi connectivity index (χ2n) is 7.68. The minimum Gasteiger partial charge on any atom is -0.497 e. The number of nitrogens with zero attached hydrogens (tertiary/aromatic N) is 4. The number of aliphatic hydroxyl groups excluding tert-OH is 1. The van der Waals surface area contributed by atoms with Gasteiger partial charge in [-0.15, -0.1) is 5.10 Å². The number of hydrogen-bond acceptors (Lipinski definition) is 5. The van der Waals surface area contributed by atoms with Crippen molar-refractivity contribution in [1.82, 2.24) is 19.9 Å². The summed E-state index contributed by atoms with van der Waals surface area (Å²) in [5.74, 6) is 1.00. The Hall–Kier alpha value is -2.41. The zero-order chi connectivity index (χ0) is 19.0. The molecule has 1 aromatic heterocycles. The second kappa shape index (κ2) is 6.96. The van der Waals surface area contributed by atoms with Crippen molar-refractivity contribution in [2.75, 3.05) is 20.2 Å². The van der Waals surface area contributed by atoms with Crippen LogP contribution in [0.15, 0.2) is 30.5 Å². The molecule has 0 spiro atoms. The Kier molecular flexibility index (Phi) is 4.63. The average molecular weight is 370 g/mol. The molecule has 1 atom stereocenters. The molecule has 0 unspecified atom stereocenters. The van der Waals surface area contributed by atoms with Crippen LogP contribution in [0.1, 0.15) is 56.0 Å². The van der Waals surface area contributed by atoms with Crippen molar-refractivity contribution in [3.05, 3.63) is 41.7 Å². The quantitative estimate of drug-likeness (QED) is 0.873. The maximum absolute atomic E-state index is 13.4. The first kappa shape index (κ1) is 18.0. The molecule has 2 heterocycles. The minimum absolute atomic E-state index is 0.123. The fraction of sp³-hybridized carbons (Fsp3) is 0.550. The van der Waals surface area contributed by atoms with Crippen molar-refractivity contribution in [2.45, 2.75) is 50.2 Å². The van der Waals surface area contributed by atoms with Gasteiger partial charge in [0.2, 0.25) is 5.91 Å². The van der Waals surface area contributed by atoms with Crippen molar-refractivity contribution >= 4 is 5.91 Å². The highest BCUT2D eigenvalue weighted by molar-refractivity contribution is 5.89. The zero-order valence-corrected chi connectivity index (χ0v) is 15.8. The molecule has 1 aliphatic heterocycles. The van der Waals surface area contributed by atoms with Crippen LogP contribution in [0.4, 0.5) is 0 Å². The van der Waals surface area contributed by atoms with Crippen molar-refractivity contribution in [2.24, 2.45) is 0 Å². The summed E-state index contributed by atoms with van der Waals surface area (Å²) in [6.45, 7) is 2.93. The van der Waals surface area contributed by atoms with E-state index in [1.165, 1.54) is 0 Å². The maximum atomic E-state index is 13.4. The molecule has 0 radical (unpaired) electrons. The molecule has 27 heavy (non-hydrogen) atoms. The fourth-order valence-electron chi connectivity index (χ4n) is 4.28. The Morgan fingerprint density at radius 2 is 2.07 bits per heavy atom. The monoisotopic (exact) mass is 370 g/mol. The summed E-state index contributed by atoms with van der Waals surface area (Å²) in [7, 11) is 1.65. The first-order chi connectivity index (χ1) is 13.0. The van der Waals surface area contributed by atoms with E-state index in [-0.39, 0.29) is 11.9 Å². The Bertz CT molecular complexity index is 820. The molecule has 1 N–H and O–H groups in total. The number of benzene rings is 1. The number of hydrogen-bond donors (Lipinski definition) is 1. The molecule has 144 valence electrons. The molecular weight excluding hydrogens is 344 g/mol. The smallest absolute Gasteiger partial charge is 0.233 e. The van der Waals surface area contributed by atoms with Crippen LogP contribution < -0.4 is 4.74 Å². The lowest BCUT2D eigenvalue weighted by molar-refractivity contribution is -0.143. The van der Waals surface area contributed by atoms with E-state index in [0.717, 1.165) is 37.0 Å². The van der Waals surface area contributed by atoms with Gasteiger partial charge in [-0.3, -0.25) is 4.79 Å². The number of aromatic nitrogens is 3. The SMILES string of the molecule is COc1cccc(C2(C(=O)N3CC(n4cc([C@@H](C)O)nn4)C3)CCCC2)c1. The zero-order valence-electron chi connectivity index (χ0n) is 15.8. The molecule has 4 rings (SSSR count). The number of carbonyl (C=O) groups excluding carboxylic acids is 1. The van der Waals surface area contributed by atoms with Gasteiger partial charge in [-0.1, -0.05) is 30.2 Å². The molecule has 2 aliphatic rings. The summed E-state index contributed by atoms with van der Waals surface area (Å²) < 4.78 is 7.14. The van der Waals surface area contributed by atoms with Crippen molar-refractivity contribution in [1.29, 1.82) is 0 Å². The van der Waals surface area contributed by atoms with E-state index in [2.05, 4.69) is 16.4 Å². The first-order valence-corrected chi connectivity index (χ1v) is 9.57.